The first kappa shape index (κ1) is 19.3. The first-order chi connectivity index (χ1) is 12.5. The van der Waals surface area contributed by atoms with Crippen LogP contribution in [0.4, 0.5) is 5.69 Å². The second kappa shape index (κ2) is 8.96. The number of ether oxygens (including phenoxy) is 1. The molecule has 1 saturated heterocycles. The molecule has 1 heterocycles. The maximum Gasteiger partial charge on any atom is 0.137 e. The maximum absolute atomic E-state index is 10.3. The van der Waals surface area contributed by atoms with Gasteiger partial charge < -0.3 is 19.6 Å². The first-order valence-electron chi connectivity index (χ1n) is 8.92. The molecule has 26 heavy (non-hydrogen) atoms. The summed E-state index contributed by atoms with van der Waals surface area (Å²) in [5, 5.41) is 11.7. The van der Waals surface area contributed by atoms with E-state index in [0.29, 0.717) is 18.2 Å². The fourth-order valence-corrected chi connectivity index (χ4v) is 3.60. The third kappa shape index (κ3) is 5.27. The van der Waals surface area contributed by atoms with Gasteiger partial charge in [0.25, 0.3) is 0 Å². The summed E-state index contributed by atoms with van der Waals surface area (Å²) in [6.07, 6.45) is -0.486. The van der Waals surface area contributed by atoms with Gasteiger partial charge in [-0.05, 0) is 48.9 Å². The van der Waals surface area contributed by atoms with Crippen molar-refractivity contribution in [3.8, 4) is 5.75 Å². The van der Waals surface area contributed by atoms with Gasteiger partial charge in [0.2, 0.25) is 0 Å². The Kier molecular flexibility index (Phi) is 6.65. The smallest absolute Gasteiger partial charge is 0.137 e. The number of aliphatic hydroxyl groups is 1. The number of aliphatic hydroxyl groups excluding tert-OH is 1. The highest BCUT2D eigenvalue weighted by atomic mass is 35.5. The normalized spacial score (nSPS) is 16.5. The van der Waals surface area contributed by atoms with Crippen molar-refractivity contribution in [3.05, 3.63) is 58.1 Å². The number of hydrogen-bond acceptors (Lipinski definition) is 3. The molecule has 3 rings (SSSR count). The van der Waals surface area contributed by atoms with Crippen LogP contribution in [0.1, 0.15) is 5.56 Å². The van der Waals surface area contributed by atoms with E-state index in [1.165, 1.54) is 16.2 Å². The maximum atomic E-state index is 10.3. The van der Waals surface area contributed by atoms with Gasteiger partial charge >= 0.3 is 0 Å². The standard InChI is InChI=1S/C20H24Cl2N2O2/c1-15-2-3-17(22)12-20(15)24-10-8-23(9-11-24)13-18(25)14-26-19-6-4-16(21)5-7-19/h2-7,12,18,25H,8-11,13-14H2,1H3/p+1/t18-/m1/s1. The predicted octanol–water partition coefficient (Wildman–Crippen LogP) is 2.45. The predicted molar refractivity (Wildman–Crippen MR) is 107 cm³/mol. The van der Waals surface area contributed by atoms with Gasteiger partial charge in [-0.25, -0.2) is 0 Å². The molecule has 1 aliphatic rings. The molecule has 6 heteroatoms. The molecule has 0 aliphatic carbocycles. The molecule has 4 nitrogen and oxygen atoms in total. The van der Waals surface area contributed by atoms with Gasteiger partial charge in [0.05, 0.1) is 26.2 Å². The Morgan fingerprint density at radius 3 is 2.42 bits per heavy atom. The third-order valence-corrected chi connectivity index (χ3v) is 5.25. The molecule has 2 aromatic rings. The van der Waals surface area contributed by atoms with Crippen molar-refractivity contribution in [2.45, 2.75) is 13.0 Å². The highest BCUT2D eigenvalue weighted by Gasteiger charge is 2.23. The van der Waals surface area contributed by atoms with Gasteiger partial charge in [0, 0.05) is 15.7 Å². The summed E-state index contributed by atoms with van der Waals surface area (Å²) in [6.45, 7) is 7.00. The summed E-state index contributed by atoms with van der Waals surface area (Å²) in [5.41, 5.74) is 2.46. The Morgan fingerprint density at radius 2 is 1.73 bits per heavy atom. The summed E-state index contributed by atoms with van der Waals surface area (Å²) in [5.74, 6) is 0.727. The van der Waals surface area contributed by atoms with Crippen LogP contribution in [0.15, 0.2) is 42.5 Å². The summed E-state index contributed by atoms with van der Waals surface area (Å²) in [4.78, 5) is 3.77. The van der Waals surface area contributed by atoms with Crippen LogP contribution >= 0.6 is 23.2 Å². The molecule has 0 amide bonds. The molecular weight excluding hydrogens is 371 g/mol. The topological polar surface area (TPSA) is 37.1 Å². The lowest BCUT2D eigenvalue weighted by Gasteiger charge is -2.35. The van der Waals surface area contributed by atoms with Gasteiger partial charge in [-0.2, -0.15) is 0 Å². The van der Waals surface area contributed by atoms with Crippen LogP contribution in [0.2, 0.25) is 10.0 Å². The summed E-state index contributed by atoms with van der Waals surface area (Å²) < 4.78 is 5.64. The number of aryl methyl sites for hydroxylation is 1. The number of anilines is 1. The van der Waals surface area contributed by atoms with E-state index < -0.39 is 6.10 Å². The number of halogens is 2. The van der Waals surface area contributed by atoms with E-state index in [-0.39, 0.29) is 0 Å². The summed E-state index contributed by atoms with van der Waals surface area (Å²) in [7, 11) is 0. The van der Waals surface area contributed by atoms with E-state index in [1.807, 2.05) is 24.3 Å². The molecule has 0 spiro atoms. The molecule has 140 valence electrons. The minimum Gasteiger partial charge on any atom is -0.491 e. The van der Waals surface area contributed by atoms with Crippen LogP contribution in [0.5, 0.6) is 5.75 Å². The Hall–Kier alpha value is -1.46. The van der Waals surface area contributed by atoms with Crippen molar-refractivity contribution in [1.29, 1.82) is 0 Å². The highest BCUT2D eigenvalue weighted by Crippen LogP contribution is 2.24. The number of nitrogens with one attached hydrogen (secondary N) is 1. The lowest BCUT2D eigenvalue weighted by atomic mass is 10.1. The minimum absolute atomic E-state index is 0.294. The molecule has 2 aromatic carbocycles. The Balaban J connectivity index is 1.44. The quantitative estimate of drug-likeness (QED) is 0.788. The van der Waals surface area contributed by atoms with Crippen molar-refractivity contribution in [1.82, 2.24) is 0 Å². The minimum atomic E-state index is -0.486. The van der Waals surface area contributed by atoms with Crippen molar-refractivity contribution < 1.29 is 14.7 Å². The van der Waals surface area contributed by atoms with E-state index in [4.69, 9.17) is 27.9 Å². The molecule has 0 radical (unpaired) electrons. The molecule has 0 aromatic heterocycles. The molecule has 0 bridgehead atoms. The van der Waals surface area contributed by atoms with Gasteiger partial charge in [-0.3, -0.25) is 0 Å². The zero-order valence-corrected chi connectivity index (χ0v) is 16.4. The number of quaternary nitrogens is 1. The molecule has 1 fully saturated rings. The second-order valence-electron chi connectivity index (χ2n) is 6.79. The molecule has 0 unspecified atom stereocenters. The van der Waals surface area contributed by atoms with Crippen molar-refractivity contribution in [2.24, 2.45) is 0 Å². The summed E-state index contributed by atoms with van der Waals surface area (Å²) in [6, 6.07) is 13.2. The monoisotopic (exact) mass is 395 g/mol. The molecular formula is C20H25Cl2N2O2+. The Labute approximate surface area is 164 Å². The first-order valence-corrected chi connectivity index (χ1v) is 9.68. The Morgan fingerprint density at radius 1 is 1.08 bits per heavy atom. The number of benzene rings is 2. The largest absolute Gasteiger partial charge is 0.491 e. The van der Waals surface area contributed by atoms with Crippen LogP contribution in [0.25, 0.3) is 0 Å². The Bertz CT molecular complexity index is 716. The SMILES string of the molecule is Cc1ccc(Cl)cc1N1CC[NH+](C[C@@H](O)COc2ccc(Cl)cc2)CC1. The average molecular weight is 396 g/mol. The fraction of sp³-hybridized carbons (Fsp3) is 0.400. The zero-order chi connectivity index (χ0) is 18.5. The van der Waals surface area contributed by atoms with Gasteiger partial charge in [-0.15, -0.1) is 0 Å². The van der Waals surface area contributed by atoms with Crippen molar-refractivity contribution >= 4 is 28.9 Å². The van der Waals surface area contributed by atoms with Crippen LogP contribution in [0.3, 0.4) is 0 Å². The zero-order valence-electron chi connectivity index (χ0n) is 14.9. The average Bonchev–Trinajstić information content (AvgIpc) is 2.64. The van der Waals surface area contributed by atoms with Crippen LogP contribution in [-0.2, 0) is 0 Å². The molecule has 1 atom stereocenters. The van der Waals surface area contributed by atoms with E-state index in [1.54, 1.807) is 12.1 Å². The summed E-state index contributed by atoms with van der Waals surface area (Å²) >= 11 is 12.0. The van der Waals surface area contributed by atoms with E-state index in [9.17, 15) is 5.11 Å². The van der Waals surface area contributed by atoms with Crippen molar-refractivity contribution in [3.63, 3.8) is 0 Å². The third-order valence-electron chi connectivity index (χ3n) is 4.76. The lowest BCUT2D eigenvalue weighted by Crippen LogP contribution is -3.16. The number of rotatable bonds is 6. The van der Waals surface area contributed by atoms with Crippen LogP contribution in [-0.4, -0.2) is 50.5 Å². The van der Waals surface area contributed by atoms with E-state index in [0.717, 1.165) is 37.0 Å². The number of hydrogen-bond donors (Lipinski definition) is 2. The van der Waals surface area contributed by atoms with Crippen molar-refractivity contribution in [2.75, 3.05) is 44.2 Å². The van der Waals surface area contributed by atoms with Crippen LogP contribution in [0, 0.1) is 6.92 Å². The molecule has 1 aliphatic heterocycles. The van der Waals surface area contributed by atoms with Crippen LogP contribution < -0.4 is 14.5 Å². The number of piperazine rings is 1. The fourth-order valence-electron chi connectivity index (χ4n) is 3.31. The van der Waals surface area contributed by atoms with Gasteiger partial charge in [0.15, 0.2) is 0 Å². The lowest BCUT2D eigenvalue weighted by molar-refractivity contribution is -0.903. The van der Waals surface area contributed by atoms with Gasteiger partial charge in [0.1, 0.15) is 25.0 Å². The number of nitrogens with zero attached hydrogens (tertiary/aromatic N) is 1. The van der Waals surface area contributed by atoms with E-state index in [2.05, 4.69) is 17.9 Å². The van der Waals surface area contributed by atoms with Gasteiger partial charge in [-0.1, -0.05) is 29.3 Å². The molecule has 0 saturated carbocycles. The highest BCUT2D eigenvalue weighted by molar-refractivity contribution is 6.31. The second-order valence-corrected chi connectivity index (χ2v) is 7.66. The van der Waals surface area contributed by atoms with E-state index >= 15 is 0 Å². The molecule has 2 N–H and O–H groups in total.